The second-order valence-electron chi connectivity index (χ2n) is 15.5. The lowest BCUT2D eigenvalue weighted by Crippen LogP contribution is -2.00. The summed E-state index contributed by atoms with van der Waals surface area (Å²) in [7, 11) is 0. The fraction of sp³-hybridized carbons (Fsp3) is 0. The number of aromatic nitrogens is 3. The lowest BCUT2D eigenvalue weighted by atomic mass is 9.97. The van der Waals surface area contributed by atoms with Crippen molar-refractivity contribution in [2.24, 2.45) is 0 Å². The van der Waals surface area contributed by atoms with Gasteiger partial charge in [0.2, 0.25) is 0 Å². The number of furan rings is 1. The van der Waals surface area contributed by atoms with Crippen LogP contribution in [0.4, 0.5) is 0 Å². The maximum absolute atomic E-state index is 6.70. The highest BCUT2D eigenvalue weighted by Crippen LogP contribution is 2.42. The van der Waals surface area contributed by atoms with E-state index >= 15 is 0 Å². The van der Waals surface area contributed by atoms with E-state index < -0.39 is 0 Å². The number of benzene rings is 9. The van der Waals surface area contributed by atoms with Crippen LogP contribution in [0.3, 0.4) is 0 Å². The molecule has 13 aromatic rings. The Morgan fingerprint density at radius 1 is 0.356 bits per heavy atom. The molecule has 4 aromatic heterocycles. The highest BCUT2D eigenvalue weighted by molar-refractivity contribution is 6.21. The van der Waals surface area contributed by atoms with Crippen molar-refractivity contribution in [2.45, 2.75) is 0 Å². The van der Waals surface area contributed by atoms with Crippen LogP contribution in [0.1, 0.15) is 0 Å². The molecule has 0 saturated carbocycles. The van der Waals surface area contributed by atoms with Gasteiger partial charge in [0, 0.05) is 49.3 Å². The molecule has 0 aliphatic rings. The quantitative estimate of drug-likeness (QED) is 0.168. The normalized spacial score (nSPS) is 12.1. The topological polar surface area (TPSA) is 35.9 Å². The summed E-state index contributed by atoms with van der Waals surface area (Å²) in [6.07, 6.45) is 0. The molecular formula is C55H33N3O. The Morgan fingerprint density at radius 2 is 0.847 bits per heavy atom. The zero-order valence-corrected chi connectivity index (χ0v) is 31.8. The fourth-order valence-corrected chi connectivity index (χ4v) is 9.63. The number of pyridine rings is 1. The van der Waals surface area contributed by atoms with Crippen LogP contribution in [-0.2, 0) is 0 Å². The molecule has 4 nitrogen and oxygen atoms in total. The highest BCUT2D eigenvalue weighted by Gasteiger charge is 2.21. The Hall–Kier alpha value is -7.95. The molecule has 0 atom stereocenters. The van der Waals surface area contributed by atoms with Gasteiger partial charge in [-0.25, -0.2) is 4.98 Å². The first-order valence-electron chi connectivity index (χ1n) is 20.1. The molecule has 4 heterocycles. The second kappa shape index (κ2) is 12.3. The molecule has 0 aliphatic carbocycles. The molecule has 4 heteroatoms. The highest BCUT2D eigenvalue weighted by atomic mass is 16.3. The average Bonchev–Trinajstić information content (AvgIpc) is 3.97. The molecule has 9 aromatic carbocycles. The standard InChI is InChI=1S/C55H33N3O/c1-2-15-36-32-47-46(31-35(36)14-1)55-53(45-22-7-12-27-52(45)59-55)54(56-47)37-17-13-16-34(28-37)38-29-39(57-48-23-8-3-18-41(48)42-19-4-9-24-49(42)57)33-40(30-38)58-50-25-10-5-20-43(50)44-21-6-11-26-51(44)58/h1-33H. The number of hydrogen-bond acceptors (Lipinski definition) is 2. The van der Waals surface area contributed by atoms with Crippen molar-refractivity contribution in [3.63, 3.8) is 0 Å². The van der Waals surface area contributed by atoms with E-state index in [4.69, 9.17) is 9.40 Å². The molecule has 13 rings (SSSR count). The molecule has 0 unspecified atom stereocenters. The van der Waals surface area contributed by atoms with Gasteiger partial charge in [0.15, 0.2) is 0 Å². The Kier molecular flexibility index (Phi) is 6.69. The van der Waals surface area contributed by atoms with Crippen LogP contribution < -0.4 is 0 Å². The van der Waals surface area contributed by atoms with Crippen molar-refractivity contribution in [1.29, 1.82) is 0 Å². The molecule has 0 bridgehead atoms. The lowest BCUT2D eigenvalue weighted by Gasteiger charge is -2.16. The van der Waals surface area contributed by atoms with Gasteiger partial charge in [0.1, 0.15) is 11.2 Å². The minimum atomic E-state index is 0.858. The van der Waals surface area contributed by atoms with Crippen molar-refractivity contribution in [3.8, 4) is 33.8 Å². The number of rotatable bonds is 4. The fourth-order valence-electron chi connectivity index (χ4n) is 9.63. The van der Waals surface area contributed by atoms with E-state index in [-0.39, 0.29) is 0 Å². The largest absolute Gasteiger partial charge is 0.455 e. The summed E-state index contributed by atoms with van der Waals surface area (Å²) in [4.78, 5) is 5.47. The monoisotopic (exact) mass is 751 g/mol. The van der Waals surface area contributed by atoms with Crippen LogP contribution >= 0.6 is 0 Å². The summed E-state index contributed by atoms with van der Waals surface area (Å²) in [5.74, 6) is 0. The molecule has 0 saturated heterocycles. The third kappa shape index (κ3) is 4.75. The van der Waals surface area contributed by atoms with Gasteiger partial charge in [-0.3, -0.25) is 0 Å². The van der Waals surface area contributed by atoms with E-state index in [1.165, 1.54) is 49.0 Å². The van der Waals surface area contributed by atoms with E-state index in [0.29, 0.717) is 0 Å². The van der Waals surface area contributed by atoms with Crippen molar-refractivity contribution in [2.75, 3.05) is 0 Å². The van der Waals surface area contributed by atoms with Gasteiger partial charge in [0.25, 0.3) is 0 Å². The van der Waals surface area contributed by atoms with Crippen LogP contribution in [0.5, 0.6) is 0 Å². The molecule has 0 aliphatic heterocycles. The van der Waals surface area contributed by atoms with E-state index in [1.54, 1.807) is 0 Å². The van der Waals surface area contributed by atoms with E-state index in [0.717, 1.165) is 72.0 Å². The zero-order valence-electron chi connectivity index (χ0n) is 31.8. The van der Waals surface area contributed by atoms with Gasteiger partial charge >= 0.3 is 0 Å². The first kappa shape index (κ1) is 32.2. The maximum Gasteiger partial charge on any atom is 0.147 e. The molecule has 0 N–H and O–H groups in total. The SMILES string of the molecule is c1cc(-c2cc(-n3c4ccccc4c4ccccc43)cc(-n3c4ccccc4c4ccccc43)c2)cc(-c2nc3cc4ccccc4cc3c3oc4ccccc4c23)c1. The molecule has 0 amide bonds. The van der Waals surface area contributed by atoms with Crippen LogP contribution in [0, 0.1) is 0 Å². The van der Waals surface area contributed by atoms with Gasteiger partial charge < -0.3 is 13.6 Å². The molecular weight excluding hydrogens is 719 g/mol. The second-order valence-corrected chi connectivity index (χ2v) is 15.5. The van der Waals surface area contributed by atoms with Gasteiger partial charge in [-0.15, -0.1) is 0 Å². The molecule has 0 spiro atoms. The summed E-state index contributed by atoms with van der Waals surface area (Å²) >= 11 is 0. The minimum Gasteiger partial charge on any atom is -0.455 e. The minimum absolute atomic E-state index is 0.858. The number of hydrogen-bond donors (Lipinski definition) is 0. The Balaban J connectivity index is 1.10. The average molecular weight is 752 g/mol. The van der Waals surface area contributed by atoms with Gasteiger partial charge in [-0.1, -0.05) is 133 Å². The lowest BCUT2D eigenvalue weighted by molar-refractivity contribution is 0.672. The van der Waals surface area contributed by atoms with Crippen molar-refractivity contribution < 1.29 is 4.42 Å². The van der Waals surface area contributed by atoms with E-state index in [9.17, 15) is 0 Å². The summed E-state index contributed by atoms with van der Waals surface area (Å²) in [6.45, 7) is 0. The van der Waals surface area contributed by atoms with Crippen LogP contribution in [0.2, 0.25) is 0 Å². The number of fused-ring (bicyclic) bond motifs is 12. The van der Waals surface area contributed by atoms with Crippen LogP contribution in [0.15, 0.2) is 205 Å². The van der Waals surface area contributed by atoms with E-state index in [1.807, 2.05) is 6.07 Å². The first-order valence-corrected chi connectivity index (χ1v) is 20.1. The third-order valence-electron chi connectivity index (χ3n) is 12.2. The van der Waals surface area contributed by atoms with Gasteiger partial charge in [-0.2, -0.15) is 0 Å². The molecule has 59 heavy (non-hydrogen) atoms. The summed E-state index contributed by atoms with van der Waals surface area (Å²) in [5, 5.41) is 10.4. The van der Waals surface area contributed by atoms with Gasteiger partial charge in [-0.05, 0) is 88.6 Å². The van der Waals surface area contributed by atoms with Gasteiger partial charge in [0.05, 0.1) is 38.7 Å². The summed E-state index contributed by atoms with van der Waals surface area (Å²) < 4.78 is 11.5. The smallest absolute Gasteiger partial charge is 0.147 e. The van der Waals surface area contributed by atoms with Crippen molar-refractivity contribution in [3.05, 3.63) is 200 Å². The molecule has 0 radical (unpaired) electrons. The third-order valence-corrected chi connectivity index (χ3v) is 12.2. The maximum atomic E-state index is 6.70. The van der Waals surface area contributed by atoms with E-state index in [2.05, 4.69) is 203 Å². The Morgan fingerprint density at radius 3 is 1.44 bits per heavy atom. The van der Waals surface area contributed by atoms with Crippen LogP contribution in [0.25, 0.3) is 121 Å². The van der Waals surface area contributed by atoms with Crippen LogP contribution in [-0.4, -0.2) is 14.1 Å². The Bertz CT molecular complexity index is 3620. The molecule has 274 valence electrons. The Labute approximate surface area is 338 Å². The summed E-state index contributed by atoms with van der Waals surface area (Å²) in [6, 6.07) is 72.1. The zero-order chi connectivity index (χ0) is 38.6. The number of para-hydroxylation sites is 5. The summed E-state index contributed by atoms with van der Waals surface area (Å²) in [5.41, 5.74) is 13.7. The number of nitrogens with zero attached hydrogens (tertiary/aromatic N) is 3. The van der Waals surface area contributed by atoms with Crippen molar-refractivity contribution >= 4 is 87.2 Å². The first-order chi connectivity index (χ1) is 29.2. The predicted octanol–water partition coefficient (Wildman–Crippen LogP) is 14.8. The predicted molar refractivity (Wildman–Crippen MR) is 246 cm³/mol. The molecule has 0 fully saturated rings. The van der Waals surface area contributed by atoms with Crippen molar-refractivity contribution in [1.82, 2.24) is 14.1 Å².